The monoisotopic (exact) mass is 964 g/mol. The summed E-state index contributed by atoms with van der Waals surface area (Å²) in [6.45, 7) is 11.2. The second-order valence-electron chi connectivity index (χ2n) is 17.7. The molecule has 0 N–H and O–H groups in total. The SMILES string of the molecule is CCCCc1oc2ccc(N(C(=O)OC(C)(C)C)S(C)(=O)=O)cc2c1C(=O)c1ccc(C)cc1.CCCCc1oc2ccc(N(Cc3ccccc3)S(C)(=O)=O)cc2c1C(=O)c1ccc(F)cc1. The predicted molar refractivity (Wildman–Crippen MR) is 265 cm³/mol. The molecular weight excluding hydrogens is 908 g/mol. The van der Waals surface area contributed by atoms with Gasteiger partial charge < -0.3 is 13.6 Å². The molecule has 5 aromatic carbocycles. The molecule has 68 heavy (non-hydrogen) atoms. The Morgan fingerprint density at radius 2 is 1.10 bits per heavy atom. The number of carbonyl (C=O) groups excluding carboxylic acids is 3. The lowest BCUT2D eigenvalue weighted by Gasteiger charge is -2.25. The minimum absolute atomic E-state index is 0.0741. The summed E-state index contributed by atoms with van der Waals surface area (Å²) < 4.78 is 83.2. The van der Waals surface area contributed by atoms with Crippen molar-refractivity contribution in [2.45, 2.75) is 92.2 Å². The third-order valence-corrected chi connectivity index (χ3v) is 13.0. The van der Waals surface area contributed by atoms with Crippen molar-refractivity contribution >= 4 is 71.0 Å². The first kappa shape index (κ1) is 50.8. The number of anilines is 2. The maximum atomic E-state index is 13.5. The molecule has 358 valence electrons. The number of amides is 1. The average Bonchev–Trinajstić information content (AvgIpc) is 3.83. The molecule has 0 atom stereocenters. The lowest BCUT2D eigenvalue weighted by molar-refractivity contribution is 0.0608. The van der Waals surface area contributed by atoms with E-state index in [4.69, 9.17) is 13.6 Å². The third-order valence-electron chi connectivity index (χ3n) is 10.9. The van der Waals surface area contributed by atoms with Gasteiger partial charge in [-0.1, -0.05) is 86.8 Å². The van der Waals surface area contributed by atoms with E-state index >= 15 is 0 Å². The molecule has 0 saturated heterocycles. The molecule has 0 fully saturated rings. The summed E-state index contributed by atoms with van der Waals surface area (Å²) in [7, 11) is -7.62. The minimum Gasteiger partial charge on any atom is -0.460 e. The van der Waals surface area contributed by atoms with Gasteiger partial charge in [0.05, 0.1) is 41.6 Å². The number of nitrogens with zero attached hydrogens (tertiary/aromatic N) is 2. The molecule has 0 aliphatic carbocycles. The van der Waals surface area contributed by atoms with Crippen molar-refractivity contribution in [3.63, 3.8) is 0 Å². The Bertz CT molecular complexity index is 3150. The molecule has 7 aromatic rings. The Labute approximate surface area is 397 Å². The molecule has 0 saturated carbocycles. The number of hydrogen-bond acceptors (Lipinski definition) is 10. The molecule has 2 heterocycles. The summed E-state index contributed by atoms with van der Waals surface area (Å²) in [5, 5.41) is 0.992. The van der Waals surface area contributed by atoms with Crippen LogP contribution in [0.5, 0.6) is 0 Å². The zero-order chi connectivity index (χ0) is 49.6. The van der Waals surface area contributed by atoms with Crippen molar-refractivity contribution in [2.24, 2.45) is 0 Å². The molecule has 15 heteroatoms. The summed E-state index contributed by atoms with van der Waals surface area (Å²) in [5.74, 6) is 0.174. The molecule has 0 aliphatic heterocycles. The van der Waals surface area contributed by atoms with Crippen molar-refractivity contribution < 1.29 is 49.2 Å². The van der Waals surface area contributed by atoms with Crippen LogP contribution < -0.4 is 8.61 Å². The smallest absolute Gasteiger partial charge is 0.428 e. The van der Waals surface area contributed by atoms with Crippen LogP contribution >= 0.6 is 0 Å². The van der Waals surface area contributed by atoms with E-state index in [2.05, 4.69) is 6.92 Å². The highest BCUT2D eigenvalue weighted by Crippen LogP contribution is 2.36. The normalized spacial score (nSPS) is 11.8. The third kappa shape index (κ3) is 12.3. The molecule has 0 unspecified atom stereocenters. The van der Waals surface area contributed by atoms with Gasteiger partial charge in [0.15, 0.2) is 11.6 Å². The van der Waals surface area contributed by atoms with Gasteiger partial charge in [-0.3, -0.25) is 13.9 Å². The van der Waals surface area contributed by atoms with Crippen LogP contribution in [0.3, 0.4) is 0 Å². The molecule has 7 rings (SSSR count). The highest BCUT2D eigenvalue weighted by Gasteiger charge is 2.32. The molecule has 2 aromatic heterocycles. The zero-order valence-electron chi connectivity index (χ0n) is 39.6. The lowest BCUT2D eigenvalue weighted by Crippen LogP contribution is -2.40. The van der Waals surface area contributed by atoms with E-state index in [9.17, 15) is 35.6 Å². The zero-order valence-corrected chi connectivity index (χ0v) is 41.2. The first-order chi connectivity index (χ1) is 32.1. The molecule has 0 bridgehead atoms. The van der Waals surface area contributed by atoms with E-state index in [0.29, 0.717) is 78.5 Å². The van der Waals surface area contributed by atoms with Crippen LogP contribution in [0.1, 0.15) is 115 Å². The summed E-state index contributed by atoms with van der Waals surface area (Å²) in [5.41, 5.74) is 4.07. The number of sulfonamides is 2. The Balaban J connectivity index is 0.000000224. The highest BCUT2D eigenvalue weighted by molar-refractivity contribution is 7.92. The lowest BCUT2D eigenvalue weighted by atomic mass is 9.97. The fourth-order valence-electron chi connectivity index (χ4n) is 7.56. The number of carbonyl (C=O) groups is 3. The fourth-order valence-corrected chi connectivity index (χ4v) is 9.24. The van der Waals surface area contributed by atoms with Gasteiger partial charge in [0.25, 0.3) is 0 Å². The summed E-state index contributed by atoms with van der Waals surface area (Å²) in [4.78, 5) is 39.8. The van der Waals surface area contributed by atoms with Crippen molar-refractivity contribution in [3.05, 3.63) is 166 Å². The van der Waals surface area contributed by atoms with Gasteiger partial charge in [-0.15, -0.1) is 0 Å². The minimum atomic E-state index is -4.01. The maximum absolute atomic E-state index is 13.5. The van der Waals surface area contributed by atoms with E-state index in [1.165, 1.54) is 40.7 Å². The topological polar surface area (TPSA) is 161 Å². The van der Waals surface area contributed by atoms with Gasteiger partial charge in [0, 0.05) is 34.7 Å². The van der Waals surface area contributed by atoms with Crippen LogP contribution in [-0.2, 0) is 44.2 Å². The molecule has 0 radical (unpaired) electrons. The average molecular weight is 965 g/mol. The number of ether oxygens (including phenoxy) is 1. The predicted octanol–water partition coefficient (Wildman–Crippen LogP) is 12.1. The van der Waals surface area contributed by atoms with Gasteiger partial charge in [-0.25, -0.2) is 26.0 Å². The van der Waals surface area contributed by atoms with E-state index in [-0.39, 0.29) is 23.8 Å². The van der Waals surface area contributed by atoms with Crippen molar-refractivity contribution in [1.82, 2.24) is 0 Å². The molecular formula is C53H57FN2O10S2. The summed E-state index contributed by atoms with van der Waals surface area (Å²) >= 11 is 0. The summed E-state index contributed by atoms with van der Waals surface area (Å²) in [6.07, 6.45) is 5.71. The number of fused-ring (bicyclic) bond motifs is 2. The number of hydrogen-bond donors (Lipinski definition) is 0. The van der Waals surface area contributed by atoms with Gasteiger partial charge in [0.1, 0.15) is 34.1 Å². The van der Waals surface area contributed by atoms with E-state index in [0.717, 1.165) is 49.3 Å². The van der Waals surface area contributed by atoms with E-state index in [1.54, 1.807) is 57.2 Å². The molecule has 12 nitrogen and oxygen atoms in total. The van der Waals surface area contributed by atoms with Crippen LogP contribution in [0.4, 0.5) is 20.6 Å². The van der Waals surface area contributed by atoms with Crippen LogP contribution in [0, 0.1) is 12.7 Å². The first-order valence-corrected chi connectivity index (χ1v) is 26.1. The Kier molecular flexibility index (Phi) is 15.8. The molecule has 0 aliphatic rings. The van der Waals surface area contributed by atoms with E-state index < -0.39 is 37.6 Å². The number of ketones is 2. The number of halogens is 1. The largest absolute Gasteiger partial charge is 0.460 e. The number of unbranched alkanes of at least 4 members (excludes halogenated alkanes) is 2. The van der Waals surface area contributed by atoms with Gasteiger partial charge >= 0.3 is 6.09 Å². The molecule has 0 spiro atoms. The van der Waals surface area contributed by atoms with Gasteiger partial charge in [-0.05, 0) is 107 Å². The van der Waals surface area contributed by atoms with E-state index in [1.807, 2.05) is 56.3 Å². The number of furan rings is 2. The molecule has 1 amide bonds. The fraction of sp³-hybridized carbons (Fsp3) is 0.302. The standard InChI is InChI=1S/C27H26FNO4S.C26H31NO6S/c1-3-4-10-25-26(27(30)20-11-13-21(28)14-12-20)23-17-22(15-16-24(23)33-25)29(34(2,31)32)18-19-8-6-5-7-9-19;1-7-8-9-22-23(24(28)18-12-10-17(2)11-13-18)20-16-19(14-15-21(20)32-22)27(34(6,30)31)25(29)33-26(3,4)5/h5-9,11-17H,3-4,10,18H2,1-2H3;10-16H,7-9H2,1-6H3. The van der Waals surface area contributed by atoms with Gasteiger partial charge in [0.2, 0.25) is 20.0 Å². The van der Waals surface area contributed by atoms with Gasteiger partial charge in [-0.2, -0.15) is 4.31 Å². The van der Waals surface area contributed by atoms with Crippen molar-refractivity contribution in [3.8, 4) is 0 Å². The van der Waals surface area contributed by atoms with Crippen LogP contribution in [0.15, 0.2) is 124 Å². The summed E-state index contributed by atoms with van der Waals surface area (Å²) in [6, 6.07) is 31.6. The number of aryl methyl sites for hydroxylation is 3. The number of benzene rings is 5. The Morgan fingerprint density at radius 3 is 1.56 bits per heavy atom. The first-order valence-electron chi connectivity index (χ1n) is 22.4. The van der Waals surface area contributed by atoms with Crippen molar-refractivity contribution in [1.29, 1.82) is 0 Å². The second-order valence-corrected chi connectivity index (χ2v) is 21.4. The maximum Gasteiger partial charge on any atom is 0.428 e. The quantitative estimate of drug-likeness (QED) is 0.0852. The number of rotatable bonds is 16. The van der Waals surface area contributed by atoms with Crippen LogP contribution in [-0.4, -0.2) is 52.6 Å². The Morgan fingerprint density at radius 1 is 0.632 bits per heavy atom. The second kappa shape index (κ2) is 21.2. The van der Waals surface area contributed by atoms with Crippen molar-refractivity contribution in [2.75, 3.05) is 21.1 Å². The Hall–Kier alpha value is -6.58. The van der Waals surface area contributed by atoms with Crippen LogP contribution in [0.2, 0.25) is 0 Å². The van der Waals surface area contributed by atoms with Crippen LogP contribution in [0.25, 0.3) is 21.9 Å². The highest BCUT2D eigenvalue weighted by atomic mass is 32.2.